The number of allylic oxidation sites excluding steroid dienone is 1. The molecule has 2 nitrogen and oxygen atoms in total. The minimum Gasteiger partial charge on any atom is -0.481 e. The molecule has 0 spiro atoms. The van der Waals surface area contributed by atoms with E-state index in [1.54, 1.807) is 14.2 Å². The van der Waals surface area contributed by atoms with Gasteiger partial charge in [-0.3, -0.25) is 4.99 Å². The van der Waals surface area contributed by atoms with Crippen LogP contribution in [-0.4, -0.2) is 20.1 Å². The SMILES string of the molecule is C#CC1=C(C(=NC)OC)CCC1. The lowest BCUT2D eigenvalue weighted by Gasteiger charge is -2.04. The lowest BCUT2D eigenvalue weighted by Crippen LogP contribution is -2.04. The van der Waals surface area contributed by atoms with E-state index >= 15 is 0 Å². The van der Waals surface area contributed by atoms with Gasteiger partial charge in [0.25, 0.3) is 0 Å². The summed E-state index contributed by atoms with van der Waals surface area (Å²) in [6.45, 7) is 0. The van der Waals surface area contributed by atoms with Crippen LogP contribution in [0.3, 0.4) is 0 Å². The maximum Gasteiger partial charge on any atom is 0.212 e. The summed E-state index contributed by atoms with van der Waals surface area (Å²) in [5.74, 6) is 3.38. The van der Waals surface area contributed by atoms with Gasteiger partial charge in [-0.2, -0.15) is 0 Å². The summed E-state index contributed by atoms with van der Waals surface area (Å²) in [5, 5.41) is 0. The van der Waals surface area contributed by atoms with E-state index in [4.69, 9.17) is 11.2 Å². The highest BCUT2D eigenvalue weighted by atomic mass is 16.5. The molecule has 1 aliphatic rings. The first-order valence-corrected chi connectivity index (χ1v) is 4.03. The largest absolute Gasteiger partial charge is 0.481 e. The molecule has 0 bridgehead atoms. The van der Waals surface area contributed by atoms with E-state index in [2.05, 4.69) is 10.9 Å². The Kier molecular flexibility index (Phi) is 2.93. The molecule has 12 heavy (non-hydrogen) atoms. The third-order valence-electron chi connectivity index (χ3n) is 2.05. The fourth-order valence-electron chi connectivity index (χ4n) is 1.49. The third kappa shape index (κ3) is 1.50. The molecule has 1 rings (SSSR count). The van der Waals surface area contributed by atoms with Gasteiger partial charge in [-0.1, -0.05) is 5.92 Å². The highest BCUT2D eigenvalue weighted by Crippen LogP contribution is 2.26. The highest BCUT2D eigenvalue weighted by Gasteiger charge is 2.17. The third-order valence-corrected chi connectivity index (χ3v) is 2.05. The second-order valence-corrected chi connectivity index (χ2v) is 2.69. The van der Waals surface area contributed by atoms with Gasteiger partial charge in [0, 0.05) is 18.2 Å². The Hall–Kier alpha value is -1.23. The molecule has 0 N–H and O–H groups in total. The molecular formula is C10H13NO. The molecule has 0 heterocycles. The van der Waals surface area contributed by atoms with Crippen LogP contribution in [0.25, 0.3) is 0 Å². The number of rotatable bonds is 1. The van der Waals surface area contributed by atoms with Crippen LogP contribution in [0.1, 0.15) is 19.3 Å². The predicted octanol–water partition coefficient (Wildman–Crippen LogP) is 1.77. The van der Waals surface area contributed by atoms with Crippen LogP contribution in [-0.2, 0) is 4.74 Å². The molecule has 0 aliphatic heterocycles. The maximum atomic E-state index is 5.35. The van der Waals surface area contributed by atoms with Crippen molar-refractivity contribution in [3.05, 3.63) is 11.1 Å². The summed E-state index contributed by atoms with van der Waals surface area (Å²) in [7, 11) is 3.35. The zero-order valence-electron chi connectivity index (χ0n) is 7.55. The van der Waals surface area contributed by atoms with Crippen LogP contribution in [0.4, 0.5) is 0 Å². The van der Waals surface area contributed by atoms with Crippen LogP contribution in [0, 0.1) is 12.3 Å². The van der Waals surface area contributed by atoms with Crippen molar-refractivity contribution in [2.45, 2.75) is 19.3 Å². The Morgan fingerprint density at radius 1 is 1.58 bits per heavy atom. The van der Waals surface area contributed by atoms with Crippen molar-refractivity contribution in [1.29, 1.82) is 0 Å². The first-order valence-electron chi connectivity index (χ1n) is 4.03. The lowest BCUT2D eigenvalue weighted by molar-refractivity contribution is 0.401. The van der Waals surface area contributed by atoms with E-state index in [0.29, 0.717) is 5.90 Å². The van der Waals surface area contributed by atoms with E-state index in [9.17, 15) is 0 Å². The molecule has 1 aliphatic carbocycles. The molecule has 0 saturated heterocycles. The molecule has 0 atom stereocenters. The van der Waals surface area contributed by atoms with Gasteiger partial charge in [-0.25, -0.2) is 0 Å². The molecule has 0 aromatic carbocycles. The maximum absolute atomic E-state index is 5.35. The smallest absolute Gasteiger partial charge is 0.212 e. The highest BCUT2D eigenvalue weighted by molar-refractivity contribution is 5.95. The summed E-state index contributed by atoms with van der Waals surface area (Å²) < 4.78 is 5.11. The Morgan fingerprint density at radius 3 is 2.83 bits per heavy atom. The first-order chi connectivity index (χ1) is 5.83. The topological polar surface area (TPSA) is 21.6 Å². The van der Waals surface area contributed by atoms with E-state index in [1.807, 2.05) is 0 Å². The van der Waals surface area contributed by atoms with Crippen molar-refractivity contribution in [2.75, 3.05) is 14.2 Å². The Bertz CT molecular complexity index is 268. The number of aliphatic imine (C=N–C) groups is 1. The quantitative estimate of drug-likeness (QED) is 0.328. The van der Waals surface area contributed by atoms with Crippen molar-refractivity contribution < 1.29 is 4.74 Å². The van der Waals surface area contributed by atoms with Gasteiger partial charge in [0.15, 0.2) is 0 Å². The minimum atomic E-state index is 0.695. The number of hydrogen-bond acceptors (Lipinski definition) is 2. The van der Waals surface area contributed by atoms with Crippen molar-refractivity contribution in [3.63, 3.8) is 0 Å². The Balaban J connectivity index is 2.94. The van der Waals surface area contributed by atoms with Crippen LogP contribution in [0.5, 0.6) is 0 Å². The van der Waals surface area contributed by atoms with Gasteiger partial charge in [0.1, 0.15) is 0 Å². The molecule has 2 heteroatoms. The van der Waals surface area contributed by atoms with Gasteiger partial charge in [0.05, 0.1) is 7.11 Å². The molecule has 0 aromatic heterocycles. The Morgan fingerprint density at radius 2 is 2.33 bits per heavy atom. The van der Waals surface area contributed by atoms with Crippen molar-refractivity contribution >= 4 is 5.90 Å². The summed E-state index contributed by atoms with van der Waals surface area (Å²) in [5.41, 5.74) is 2.17. The molecule has 0 radical (unpaired) electrons. The average Bonchev–Trinajstić information content (AvgIpc) is 2.55. The standard InChI is InChI=1S/C10H13NO/c1-4-8-6-5-7-9(8)10(11-2)12-3/h1H,5-7H2,2-3H3. The molecule has 0 fully saturated rings. The van der Waals surface area contributed by atoms with Gasteiger partial charge in [0.2, 0.25) is 5.90 Å². The second-order valence-electron chi connectivity index (χ2n) is 2.69. The molecule has 0 amide bonds. The fourth-order valence-corrected chi connectivity index (χ4v) is 1.49. The van der Waals surface area contributed by atoms with E-state index < -0.39 is 0 Å². The summed E-state index contributed by atoms with van der Waals surface area (Å²) in [6, 6.07) is 0. The van der Waals surface area contributed by atoms with Crippen molar-refractivity contribution in [1.82, 2.24) is 0 Å². The minimum absolute atomic E-state index is 0.695. The number of nitrogens with zero attached hydrogens (tertiary/aromatic N) is 1. The molecule has 0 saturated carbocycles. The first kappa shape index (κ1) is 8.86. The van der Waals surface area contributed by atoms with Crippen LogP contribution in [0.2, 0.25) is 0 Å². The number of methoxy groups -OCH3 is 1. The van der Waals surface area contributed by atoms with E-state index in [-0.39, 0.29) is 0 Å². The monoisotopic (exact) mass is 163 g/mol. The van der Waals surface area contributed by atoms with Gasteiger partial charge < -0.3 is 4.74 Å². The van der Waals surface area contributed by atoms with Crippen molar-refractivity contribution in [2.24, 2.45) is 4.99 Å². The number of hydrogen-bond donors (Lipinski definition) is 0. The van der Waals surface area contributed by atoms with Crippen molar-refractivity contribution in [3.8, 4) is 12.3 Å². The lowest BCUT2D eigenvalue weighted by atomic mass is 10.1. The number of ether oxygens (including phenoxy) is 1. The molecule has 0 aromatic rings. The Labute approximate surface area is 73.3 Å². The van der Waals surface area contributed by atoms with Gasteiger partial charge in [-0.15, -0.1) is 6.42 Å². The second kappa shape index (κ2) is 3.96. The van der Waals surface area contributed by atoms with Gasteiger partial charge in [-0.05, 0) is 19.3 Å². The summed E-state index contributed by atoms with van der Waals surface area (Å²) >= 11 is 0. The van der Waals surface area contributed by atoms with E-state index in [0.717, 1.165) is 30.4 Å². The summed E-state index contributed by atoms with van der Waals surface area (Å²) in [6.07, 6.45) is 8.47. The van der Waals surface area contributed by atoms with Crippen LogP contribution in [0.15, 0.2) is 16.1 Å². The molecule has 64 valence electrons. The molecule has 0 unspecified atom stereocenters. The summed E-state index contributed by atoms with van der Waals surface area (Å²) in [4.78, 5) is 4.03. The van der Waals surface area contributed by atoms with Crippen LogP contribution >= 0.6 is 0 Å². The predicted molar refractivity (Wildman–Crippen MR) is 50.1 cm³/mol. The fraction of sp³-hybridized carbons (Fsp3) is 0.500. The van der Waals surface area contributed by atoms with Gasteiger partial charge >= 0.3 is 0 Å². The molecular weight excluding hydrogens is 150 g/mol. The zero-order chi connectivity index (χ0) is 8.97. The van der Waals surface area contributed by atoms with Crippen LogP contribution < -0.4 is 0 Å². The average molecular weight is 163 g/mol. The van der Waals surface area contributed by atoms with E-state index in [1.165, 1.54) is 0 Å². The zero-order valence-corrected chi connectivity index (χ0v) is 7.55. The number of terminal acetylenes is 1. The normalized spacial score (nSPS) is 17.9.